The van der Waals surface area contributed by atoms with Crippen LogP contribution in [0.15, 0.2) is 47.6 Å². The summed E-state index contributed by atoms with van der Waals surface area (Å²) in [4.78, 5) is 0. The first-order valence-electron chi connectivity index (χ1n) is 6.62. The lowest BCUT2D eigenvalue weighted by Gasteiger charge is -2.08. The Morgan fingerprint density at radius 1 is 1.27 bits per heavy atom. The van der Waals surface area contributed by atoms with Gasteiger partial charge in [-0.1, -0.05) is 17.7 Å². The molecule has 0 spiro atoms. The number of hydrogen-bond acceptors (Lipinski definition) is 4. The zero-order chi connectivity index (χ0) is 15.9. The van der Waals surface area contributed by atoms with E-state index in [1.807, 2.05) is 43.3 Å². The molecule has 0 aliphatic rings. The van der Waals surface area contributed by atoms with Gasteiger partial charge in [0.15, 0.2) is 5.11 Å². The molecule has 6 heteroatoms. The second-order valence-electron chi connectivity index (χ2n) is 4.62. The third-order valence-corrected chi connectivity index (χ3v) is 3.07. The van der Waals surface area contributed by atoms with Gasteiger partial charge in [0.1, 0.15) is 11.5 Å². The van der Waals surface area contributed by atoms with Crippen LogP contribution in [0.5, 0.6) is 11.5 Å². The van der Waals surface area contributed by atoms with Gasteiger partial charge in [0.25, 0.3) is 0 Å². The summed E-state index contributed by atoms with van der Waals surface area (Å²) in [5.41, 5.74) is 5.16. The van der Waals surface area contributed by atoms with E-state index in [9.17, 15) is 5.11 Å². The second-order valence-corrected chi connectivity index (χ2v) is 5.03. The molecule has 2 aromatic carbocycles. The van der Waals surface area contributed by atoms with Crippen LogP contribution in [0.2, 0.25) is 0 Å². The summed E-state index contributed by atoms with van der Waals surface area (Å²) in [5, 5.41) is 17.1. The molecule has 0 heterocycles. The highest BCUT2D eigenvalue weighted by molar-refractivity contribution is 7.80. The van der Waals surface area contributed by atoms with Gasteiger partial charge in [0.2, 0.25) is 0 Å². The summed E-state index contributed by atoms with van der Waals surface area (Å²) in [6.45, 7) is 1.94. The Hall–Kier alpha value is -2.60. The van der Waals surface area contributed by atoms with Gasteiger partial charge in [-0.25, -0.2) is 0 Å². The third-order valence-electron chi connectivity index (χ3n) is 2.88. The standard InChI is InChI=1S/C16H17N3O2S/c1-11-6-7-15(20)12(8-11)10-17-19-16(22)18-13-4-3-5-14(9-13)21-2/h3-10,20H,1-2H3,(H2,18,19,22). The number of thiocarbonyl (C=S) groups is 1. The van der Waals surface area contributed by atoms with Crippen LogP contribution in [-0.4, -0.2) is 23.5 Å². The fraction of sp³-hybridized carbons (Fsp3) is 0.125. The number of benzene rings is 2. The highest BCUT2D eigenvalue weighted by atomic mass is 32.1. The summed E-state index contributed by atoms with van der Waals surface area (Å²) < 4.78 is 5.14. The van der Waals surface area contributed by atoms with Crippen molar-refractivity contribution in [1.29, 1.82) is 0 Å². The normalized spacial score (nSPS) is 10.5. The number of phenolic OH excluding ortho intramolecular Hbond substituents is 1. The molecular formula is C16H17N3O2S. The van der Waals surface area contributed by atoms with Gasteiger partial charge in [-0.2, -0.15) is 5.10 Å². The summed E-state index contributed by atoms with van der Waals surface area (Å²) in [6.07, 6.45) is 1.52. The topological polar surface area (TPSA) is 65.9 Å². The Balaban J connectivity index is 1.94. The van der Waals surface area contributed by atoms with Gasteiger partial charge in [0, 0.05) is 17.3 Å². The highest BCUT2D eigenvalue weighted by Gasteiger charge is 2.00. The summed E-state index contributed by atoms with van der Waals surface area (Å²) in [5.74, 6) is 0.906. The molecule has 0 radical (unpaired) electrons. The zero-order valence-electron chi connectivity index (χ0n) is 12.3. The van der Waals surface area contributed by atoms with E-state index in [0.29, 0.717) is 10.7 Å². The quantitative estimate of drug-likeness (QED) is 0.460. The molecule has 0 unspecified atom stereocenters. The number of aryl methyl sites for hydroxylation is 1. The van der Waals surface area contributed by atoms with E-state index in [1.165, 1.54) is 6.21 Å². The van der Waals surface area contributed by atoms with E-state index >= 15 is 0 Å². The molecule has 0 bridgehead atoms. The number of hydrogen-bond donors (Lipinski definition) is 3. The largest absolute Gasteiger partial charge is 0.507 e. The van der Waals surface area contributed by atoms with Gasteiger partial charge < -0.3 is 15.2 Å². The van der Waals surface area contributed by atoms with Gasteiger partial charge >= 0.3 is 0 Å². The van der Waals surface area contributed by atoms with Crippen LogP contribution in [0.1, 0.15) is 11.1 Å². The van der Waals surface area contributed by atoms with Crippen LogP contribution in [-0.2, 0) is 0 Å². The summed E-state index contributed by atoms with van der Waals surface area (Å²) in [7, 11) is 1.61. The molecule has 5 nitrogen and oxygen atoms in total. The highest BCUT2D eigenvalue weighted by Crippen LogP contribution is 2.17. The Kier molecular flexibility index (Phi) is 5.32. The van der Waals surface area contributed by atoms with Crippen LogP contribution in [0, 0.1) is 6.92 Å². The molecule has 0 aliphatic carbocycles. The Morgan fingerprint density at radius 3 is 2.86 bits per heavy atom. The second kappa shape index (κ2) is 7.42. The van der Waals surface area contributed by atoms with Crippen molar-refractivity contribution < 1.29 is 9.84 Å². The van der Waals surface area contributed by atoms with Crippen molar-refractivity contribution in [3.05, 3.63) is 53.6 Å². The maximum absolute atomic E-state index is 9.71. The van der Waals surface area contributed by atoms with Gasteiger partial charge in [0.05, 0.1) is 13.3 Å². The van der Waals surface area contributed by atoms with E-state index < -0.39 is 0 Å². The first kappa shape index (κ1) is 15.8. The van der Waals surface area contributed by atoms with Crippen molar-refractivity contribution in [1.82, 2.24) is 5.43 Å². The number of anilines is 1. The summed E-state index contributed by atoms with van der Waals surface area (Å²) >= 11 is 5.15. The molecule has 22 heavy (non-hydrogen) atoms. The molecule has 2 aromatic rings. The molecule has 0 saturated heterocycles. The van der Waals surface area contributed by atoms with Gasteiger partial charge in [-0.05, 0) is 43.4 Å². The maximum atomic E-state index is 9.71. The lowest BCUT2D eigenvalue weighted by Crippen LogP contribution is -2.23. The van der Waals surface area contributed by atoms with E-state index in [0.717, 1.165) is 17.0 Å². The fourth-order valence-corrected chi connectivity index (χ4v) is 1.97. The maximum Gasteiger partial charge on any atom is 0.191 e. The number of rotatable bonds is 4. The third kappa shape index (κ3) is 4.46. The van der Waals surface area contributed by atoms with Crippen LogP contribution in [0.25, 0.3) is 0 Å². The monoisotopic (exact) mass is 315 g/mol. The van der Waals surface area contributed by atoms with Gasteiger partial charge in [-0.15, -0.1) is 0 Å². The first-order chi connectivity index (χ1) is 10.6. The van der Waals surface area contributed by atoms with Gasteiger partial charge in [-0.3, -0.25) is 5.43 Å². The number of nitrogens with zero attached hydrogens (tertiary/aromatic N) is 1. The number of methoxy groups -OCH3 is 1. The van der Waals surface area contributed by atoms with E-state index in [2.05, 4.69) is 15.8 Å². The number of hydrazone groups is 1. The fourth-order valence-electron chi connectivity index (χ4n) is 1.80. The molecule has 0 fully saturated rings. The predicted octanol–water partition coefficient (Wildman–Crippen LogP) is 3.03. The van der Waals surface area contributed by atoms with Crippen LogP contribution >= 0.6 is 12.2 Å². The minimum absolute atomic E-state index is 0.169. The molecule has 0 aliphatic heterocycles. The average molecular weight is 315 g/mol. The van der Waals surface area contributed by atoms with Crippen molar-refractivity contribution in [2.24, 2.45) is 5.10 Å². The van der Waals surface area contributed by atoms with E-state index in [1.54, 1.807) is 13.2 Å². The molecule has 0 atom stereocenters. The smallest absolute Gasteiger partial charge is 0.191 e. The minimum Gasteiger partial charge on any atom is -0.507 e. The molecular weight excluding hydrogens is 298 g/mol. The summed E-state index contributed by atoms with van der Waals surface area (Å²) in [6, 6.07) is 12.7. The predicted molar refractivity (Wildman–Crippen MR) is 92.8 cm³/mol. The Bertz CT molecular complexity index is 702. The number of aromatic hydroxyl groups is 1. The molecule has 2 rings (SSSR count). The lowest BCUT2D eigenvalue weighted by atomic mass is 10.1. The molecule has 114 valence electrons. The first-order valence-corrected chi connectivity index (χ1v) is 7.03. The number of phenols is 1. The van der Waals surface area contributed by atoms with Crippen molar-refractivity contribution in [2.75, 3.05) is 12.4 Å². The van der Waals surface area contributed by atoms with Crippen molar-refractivity contribution in [3.8, 4) is 11.5 Å². The number of nitrogens with one attached hydrogen (secondary N) is 2. The SMILES string of the molecule is COc1cccc(NC(=S)NN=Cc2cc(C)ccc2O)c1. The molecule has 0 amide bonds. The van der Waals surface area contributed by atoms with Crippen LogP contribution in [0.3, 0.4) is 0 Å². The van der Waals surface area contributed by atoms with Crippen molar-refractivity contribution in [2.45, 2.75) is 6.92 Å². The zero-order valence-corrected chi connectivity index (χ0v) is 13.1. The lowest BCUT2D eigenvalue weighted by molar-refractivity contribution is 0.415. The molecule has 0 saturated carbocycles. The van der Waals surface area contributed by atoms with Crippen molar-refractivity contribution >= 4 is 29.2 Å². The Labute approximate surface area is 134 Å². The Morgan fingerprint density at radius 2 is 2.09 bits per heavy atom. The van der Waals surface area contributed by atoms with Crippen LogP contribution < -0.4 is 15.5 Å². The molecule has 0 aromatic heterocycles. The minimum atomic E-state index is 0.169. The number of ether oxygens (including phenoxy) is 1. The van der Waals surface area contributed by atoms with Crippen LogP contribution in [0.4, 0.5) is 5.69 Å². The van der Waals surface area contributed by atoms with E-state index in [-0.39, 0.29) is 5.75 Å². The molecule has 3 N–H and O–H groups in total. The van der Waals surface area contributed by atoms with E-state index in [4.69, 9.17) is 17.0 Å². The average Bonchev–Trinajstić information content (AvgIpc) is 2.51. The van der Waals surface area contributed by atoms with Crippen molar-refractivity contribution in [3.63, 3.8) is 0 Å².